The highest BCUT2D eigenvalue weighted by molar-refractivity contribution is 5.95. The van der Waals surface area contributed by atoms with Crippen molar-refractivity contribution < 1.29 is 23.5 Å². The van der Waals surface area contributed by atoms with Crippen LogP contribution in [0.4, 0.5) is 4.39 Å². The van der Waals surface area contributed by atoms with Crippen LogP contribution >= 0.6 is 0 Å². The van der Waals surface area contributed by atoms with Crippen molar-refractivity contribution in [3.05, 3.63) is 59.5 Å². The minimum absolute atomic E-state index is 0.0234. The fraction of sp³-hybridized carbons (Fsp3) is 0.500. The van der Waals surface area contributed by atoms with Crippen LogP contribution in [0.25, 0.3) is 11.0 Å². The van der Waals surface area contributed by atoms with E-state index in [1.54, 1.807) is 0 Å². The summed E-state index contributed by atoms with van der Waals surface area (Å²) in [5.74, 6) is -0.0339. The van der Waals surface area contributed by atoms with Gasteiger partial charge in [-0.2, -0.15) is 4.99 Å². The number of hydrogen-bond donors (Lipinski definition) is 2. The first kappa shape index (κ1) is 28.0. The molecule has 0 radical (unpaired) electrons. The third kappa shape index (κ3) is 6.79. The molecular weight excluding hydrogens is 513 g/mol. The van der Waals surface area contributed by atoms with Crippen molar-refractivity contribution in [1.82, 2.24) is 19.8 Å². The van der Waals surface area contributed by atoms with Crippen LogP contribution in [-0.4, -0.2) is 71.8 Å². The summed E-state index contributed by atoms with van der Waals surface area (Å²) in [6.45, 7) is 8.64. The maximum Gasteiger partial charge on any atom is 0.280 e. The van der Waals surface area contributed by atoms with Gasteiger partial charge in [-0.1, -0.05) is 0 Å². The Kier molecular flexibility index (Phi) is 8.96. The average Bonchev–Trinajstić information content (AvgIpc) is 3.30. The van der Waals surface area contributed by atoms with E-state index in [0.29, 0.717) is 17.8 Å². The van der Waals surface area contributed by atoms with E-state index in [9.17, 15) is 14.0 Å². The summed E-state index contributed by atoms with van der Waals surface area (Å²) in [6.07, 6.45) is 3.07. The molecule has 9 nitrogen and oxygen atoms in total. The van der Waals surface area contributed by atoms with Crippen molar-refractivity contribution in [2.75, 3.05) is 39.5 Å². The quantitative estimate of drug-likeness (QED) is 0.444. The van der Waals surface area contributed by atoms with E-state index in [2.05, 4.69) is 24.8 Å². The van der Waals surface area contributed by atoms with Crippen LogP contribution in [0.1, 0.15) is 55.9 Å². The summed E-state index contributed by atoms with van der Waals surface area (Å²) in [5.41, 5.74) is 2.48. The first-order chi connectivity index (χ1) is 19.4. The Bertz CT molecular complexity index is 1380. The number of amides is 2. The molecule has 3 aromatic rings. The maximum absolute atomic E-state index is 13.4. The molecular formula is C30H38FN5O4. The Balaban J connectivity index is 1.41. The van der Waals surface area contributed by atoms with Crippen molar-refractivity contribution in [1.29, 1.82) is 0 Å². The molecule has 40 heavy (non-hydrogen) atoms. The van der Waals surface area contributed by atoms with Crippen LogP contribution in [0, 0.1) is 11.7 Å². The van der Waals surface area contributed by atoms with Crippen LogP contribution in [0.5, 0.6) is 5.75 Å². The molecule has 5 rings (SSSR count). The Morgan fingerprint density at radius 3 is 2.52 bits per heavy atom. The molecule has 0 unspecified atom stereocenters. The van der Waals surface area contributed by atoms with Gasteiger partial charge in [0.05, 0.1) is 24.2 Å². The van der Waals surface area contributed by atoms with Gasteiger partial charge in [0.1, 0.15) is 18.2 Å². The number of fused-ring (bicyclic) bond motifs is 1. The molecule has 10 heteroatoms. The van der Waals surface area contributed by atoms with Gasteiger partial charge in [-0.3, -0.25) is 14.5 Å². The molecule has 2 amide bonds. The van der Waals surface area contributed by atoms with Crippen molar-refractivity contribution in [2.45, 2.75) is 51.6 Å². The monoisotopic (exact) mass is 551 g/mol. The van der Waals surface area contributed by atoms with Gasteiger partial charge in [0, 0.05) is 49.3 Å². The molecule has 0 bridgehead atoms. The molecule has 2 heterocycles. The van der Waals surface area contributed by atoms with Gasteiger partial charge >= 0.3 is 0 Å². The second-order valence-electron chi connectivity index (χ2n) is 10.9. The summed E-state index contributed by atoms with van der Waals surface area (Å²) in [6, 6.07) is 11.4. The fourth-order valence-electron chi connectivity index (χ4n) is 5.52. The molecule has 2 N–H and O–H groups in total. The highest BCUT2D eigenvalue weighted by Gasteiger charge is 2.29. The van der Waals surface area contributed by atoms with E-state index in [4.69, 9.17) is 9.47 Å². The lowest BCUT2D eigenvalue weighted by Gasteiger charge is -2.29. The number of carbonyl (C=O) groups is 2. The van der Waals surface area contributed by atoms with E-state index in [0.717, 1.165) is 75.3 Å². The average molecular weight is 552 g/mol. The highest BCUT2D eigenvalue weighted by atomic mass is 19.1. The smallest absolute Gasteiger partial charge is 0.280 e. The number of hydrogen-bond acceptors (Lipinski definition) is 5. The van der Waals surface area contributed by atoms with E-state index in [1.165, 1.54) is 24.3 Å². The zero-order valence-corrected chi connectivity index (χ0v) is 23.2. The number of aromatic nitrogens is 2. The van der Waals surface area contributed by atoms with Crippen LogP contribution in [0.15, 0.2) is 47.5 Å². The van der Waals surface area contributed by atoms with E-state index < -0.39 is 11.7 Å². The number of morpholine rings is 1. The van der Waals surface area contributed by atoms with Gasteiger partial charge in [-0.25, -0.2) is 4.39 Å². The summed E-state index contributed by atoms with van der Waals surface area (Å²) in [4.78, 5) is 35.7. The third-order valence-corrected chi connectivity index (χ3v) is 7.65. The Morgan fingerprint density at radius 1 is 1.10 bits per heavy atom. The van der Waals surface area contributed by atoms with E-state index in [1.807, 2.05) is 32.0 Å². The van der Waals surface area contributed by atoms with Crippen molar-refractivity contribution in [2.24, 2.45) is 10.9 Å². The maximum atomic E-state index is 13.4. The van der Waals surface area contributed by atoms with Gasteiger partial charge < -0.3 is 24.3 Å². The zero-order chi connectivity index (χ0) is 28.1. The minimum Gasteiger partial charge on any atom is -0.492 e. The zero-order valence-electron chi connectivity index (χ0n) is 23.2. The fourth-order valence-corrected chi connectivity index (χ4v) is 5.52. The second-order valence-corrected chi connectivity index (χ2v) is 10.9. The second kappa shape index (κ2) is 12.8. The standard InChI is InChI=1S/C30H38FN5O4/c1-20(2)32-28(37)22-5-9-24(10-6-22)36-27-19-25(40-18-15-35-13-16-39-17-14-35)11-12-26(27)33-30(36)34-29(38)21-3-7-23(31)8-4-21/h3-4,7-8,11-12,19-20,22,24H,5-6,9-10,13-18H2,1-2H3,(H,32,37)(H,33,34,38). The molecule has 0 spiro atoms. The van der Waals surface area contributed by atoms with Crippen LogP contribution in [-0.2, 0) is 9.53 Å². The van der Waals surface area contributed by atoms with Gasteiger partial charge in [0.25, 0.3) is 5.91 Å². The molecule has 1 aliphatic carbocycles. The van der Waals surface area contributed by atoms with E-state index in [-0.39, 0.29) is 23.9 Å². The molecule has 2 aliphatic rings. The molecule has 2 fully saturated rings. The Labute approximate surface area is 233 Å². The van der Waals surface area contributed by atoms with Gasteiger partial charge in [0.2, 0.25) is 11.5 Å². The molecule has 1 aromatic heterocycles. The third-order valence-electron chi connectivity index (χ3n) is 7.65. The normalized spacial score (nSPS) is 20.6. The van der Waals surface area contributed by atoms with Gasteiger partial charge in [-0.15, -0.1) is 0 Å². The summed E-state index contributed by atoms with van der Waals surface area (Å²) < 4.78 is 27.0. The number of rotatable bonds is 8. The van der Waals surface area contributed by atoms with Crippen molar-refractivity contribution in [3.63, 3.8) is 0 Å². The van der Waals surface area contributed by atoms with Crippen molar-refractivity contribution >= 4 is 22.8 Å². The van der Waals surface area contributed by atoms with Gasteiger partial charge in [-0.05, 0) is 75.9 Å². The number of aromatic amines is 1. The molecule has 214 valence electrons. The number of H-pyrrole nitrogens is 1. The summed E-state index contributed by atoms with van der Waals surface area (Å²) >= 11 is 0. The first-order valence-electron chi connectivity index (χ1n) is 14.2. The number of nitrogens with one attached hydrogen (secondary N) is 2. The number of carbonyl (C=O) groups excluding carboxylic acids is 2. The van der Waals surface area contributed by atoms with E-state index >= 15 is 0 Å². The highest BCUT2D eigenvalue weighted by Crippen LogP contribution is 2.34. The molecule has 1 aliphatic heterocycles. The summed E-state index contributed by atoms with van der Waals surface area (Å²) in [7, 11) is 0. The predicted molar refractivity (Wildman–Crippen MR) is 150 cm³/mol. The number of halogens is 1. The number of nitrogens with zero attached hydrogens (tertiary/aromatic N) is 3. The molecule has 0 atom stereocenters. The number of ether oxygens (including phenoxy) is 2. The van der Waals surface area contributed by atoms with Crippen molar-refractivity contribution in [3.8, 4) is 5.75 Å². The number of imidazole rings is 1. The Morgan fingerprint density at radius 2 is 1.82 bits per heavy atom. The topological polar surface area (TPSA) is 101 Å². The molecule has 1 saturated heterocycles. The first-order valence-corrected chi connectivity index (χ1v) is 14.2. The Hall–Kier alpha value is -3.50. The lowest BCUT2D eigenvalue weighted by atomic mass is 9.85. The molecule has 1 saturated carbocycles. The lowest BCUT2D eigenvalue weighted by molar-refractivity contribution is -0.126. The minimum atomic E-state index is -0.452. The summed E-state index contributed by atoms with van der Waals surface area (Å²) in [5, 5.41) is 3.03. The predicted octanol–water partition coefficient (Wildman–Crippen LogP) is 3.82. The largest absolute Gasteiger partial charge is 0.492 e. The SMILES string of the molecule is CC(C)NC(=O)C1CCC(n2/c(=N\C(=O)c3ccc(F)cc3)[nH]c3ccc(OCCN4CCOCC4)cc32)CC1. The van der Waals surface area contributed by atoms with Crippen LogP contribution in [0.3, 0.4) is 0 Å². The lowest BCUT2D eigenvalue weighted by Crippen LogP contribution is -2.38. The number of benzene rings is 2. The molecule has 2 aromatic carbocycles. The van der Waals surface area contributed by atoms with Gasteiger partial charge in [0.15, 0.2) is 0 Å². The van der Waals surface area contributed by atoms with Crippen LogP contribution < -0.4 is 15.7 Å². The van der Waals surface area contributed by atoms with Crippen LogP contribution in [0.2, 0.25) is 0 Å².